The minimum atomic E-state index is 0.275. The molecule has 0 rings (SSSR count). The zero-order valence-electron chi connectivity index (χ0n) is 7.85. The molecule has 1 nitrogen and oxygen atoms in total. The van der Waals surface area contributed by atoms with E-state index < -0.39 is 0 Å². The summed E-state index contributed by atoms with van der Waals surface area (Å²) >= 11 is 0. The molecule has 0 amide bonds. The van der Waals surface area contributed by atoms with Gasteiger partial charge in [0.2, 0.25) is 0 Å². The highest BCUT2D eigenvalue weighted by Crippen LogP contribution is 2.12. The molecule has 0 fully saturated rings. The Morgan fingerprint density at radius 3 is 2.18 bits per heavy atom. The molecule has 0 aliphatic rings. The molecule has 0 aliphatic heterocycles. The lowest BCUT2D eigenvalue weighted by atomic mass is 9.93. The van der Waals surface area contributed by atoms with Crippen molar-refractivity contribution in [2.75, 3.05) is 0 Å². The lowest BCUT2D eigenvalue weighted by molar-refractivity contribution is 0.400. The number of hydrogen-bond donors (Lipinski definition) is 1. The van der Waals surface area contributed by atoms with Gasteiger partial charge in [0, 0.05) is 12.5 Å². The summed E-state index contributed by atoms with van der Waals surface area (Å²) in [6.45, 7) is 6.24. The summed E-state index contributed by atoms with van der Waals surface area (Å²) in [5.41, 5.74) is 5.92. The summed E-state index contributed by atoms with van der Waals surface area (Å²) in [5, 5.41) is 0. The second-order valence-corrected chi connectivity index (χ2v) is 2.87. The van der Waals surface area contributed by atoms with Crippen LogP contribution in [0.25, 0.3) is 0 Å². The van der Waals surface area contributed by atoms with E-state index in [-0.39, 0.29) is 6.04 Å². The van der Waals surface area contributed by atoms with Crippen molar-refractivity contribution in [1.82, 2.24) is 0 Å². The van der Waals surface area contributed by atoms with Crippen LogP contribution in [-0.4, -0.2) is 6.04 Å². The maximum absolute atomic E-state index is 5.92. The van der Waals surface area contributed by atoms with Gasteiger partial charge in [0.05, 0.1) is 0 Å². The topological polar surface area (TPSA) is 26.0 Å². The molecule has 0 radical (unpaired) electrons. The first-order chi connectivity index (χ1) is 5.26. The third-order valence-corrected chi connectivity index (χ3v) is 2.17. The van der Waals surface area contributed by atoms with Gasteiger partial charge < -0.3 is 5.73 Å². The number of rotatable bonds is 4. The van der Waals surface area contributed by atoms with Gasteiger partial charge in [-0.3, -0.25) is 0 Å². The van der Waals surface area contributed by atoms with Gasteiger partial charge in [-0.15, -0.1) is 11.8 Å². The van der Waals surface area contributed by atoms with Gasteiger partial charge in [-0.1, -0.05) is 26.7 Å². The van der Waals surface area contributed by atoms with Gasteiger partial charge in [0.15, 0.2) is 0 Å². The molecule has 1 atom stereocenters. The van der Waals surface area contributed by atoms with E-state index in [1.807, 2.05) is 6.92 Å². The number of hydrogen-bond acceptors (Lipinski definition) is 1. The fourth-order valence-corrected chi connectivity index (χ4v) is 1.28. The molecule has 0 spiro atoms. The molecule has 0 saturated carbocycles. The third-order valence-electron chi connectivity index (χ3n) is 2.17. The maximum Gasteiger partial charge on any atom is 0.0243 e. The SMILES string of the molecule is CC#CCC(N)C(CC)CC. The second-order valence-electron chi connectivity index (χ2n) is 2.87. The number of nitrogens with two attached hydrogens (primary N) is 1. The quantitative estimate of drug-likeness (QED) is 0.615. The standard InChI is InChI=1S/C10H19N/c1-4-7-8-10(11)9(5-2)6-3/h9-10H,5-6,8,11H2,1-3H3. The van der Waals surface area contributed by atoms with Gasteiger partial charge in [0.25, 0.3) is 0 Å². The van der Waals surface area contributed by atoms with E-state index in [2.05, 4.69) is 25.7 Å². The monoisotopic (exact) mass is 153 g/mol. The molecule has 1 unspecified atom stereocenters. The van der Waals surface area contributed by atoms with Crippen LogP contribution in [0.5, 0.6) is 0 Å². The summed E-state index contributed by atoms with van der Waals surface area (Å²) in [5.74, 6) is 6.54. The molecule has 0 aromatic rings. The van der Waals surface area contributed by atoms with Gasteiger partial charge >= 0.3 is 0 Å². The lowest BCUT2D eigenvalue weighted by Gasteiger charge is -2.18. The first-order valence-corrected chi connectivity index (χ1v) is 4.41. The Kier molecular flexibility index (Phi) is 5.97. The van der Waals surface area contributed by atoms with Crippen molar-refractivity contribution in [3.8, 4) is 11.8 Å². The minimum Gasteiger partial charge on any atom is -0.327 e. The fourth-order valence-electron chi connectivity index (χ4n) is 1.28. The van der Waals surface area contributed by atoms with Crippen LogP contribution in [0.4, 0.5) is 0 Å². The van der Waals surface area contributed by atoms with E-state index in [1.54, 1.807) is 0 Å². The molecule has 0 aliphatic carbocycles. The van der Waals surface area contributed by atoms with Crippen LogP contribution in [0.3, 0.4) is 0 Å². The molecular formula is C10H19N. The summed E-state index contributed by atoms with van der Waals surface area (Å²) in [6, 6.07) is 0.275. The Morgan fingerprint density at radius 2 is 1.82 bits per heavy atom. The van der Waals surface area contributed by atoms with E-state index in [0.717, 1.165) is 6.42 Å². The molecule has 11 heavy (non-hydrogen) atoms. The van der Waals surface area contributed by atoms with Crippen molar-refractivity contribution in [2.24, 2.45) is 11.7 Å². The predicted molar refractivity (Wildman–Crippen MR) is 50.1 cm³/mol. The van der Waals surface area contributed by atoms with Crippen LogP contribution in [0.15, 0.2) is 0 Å². The maximum atomic E-state index is 5.92. The van der Waals surface area contributed by atoms with Crippen LogP contribution in [0.1, 0.15) is 40.0 Å². The van der Waals surface area contributed by atoms with Crippen LogP contribution in [0, 0.1) is 17.8 Å². The average molecular weight is 153 g/mol. The van der Waals surface area contributed by atoms with Crippen molar-refractivity contribution >= 4 is 0 Å². The Labute approximate surface area is 70.4 Å². The zero-order chi connectivity index (χ0) is 8.69. The largest absolute Gasteiger partial charge is 0.327 e. The average Bonchev–Trinajstić information content (AvgIpc) is 2.03. The highest BCUT2D eigenvalue weighted by Gasteiger charge is 2.11. The highest BCUT2D eigenvalue weighted by molar-refractivity contribution is 4.98. The van der Waals surface area contributed by atoms with Crippen molar-refractivity contribution in [1.29, 1.82) is 0 Å². The third kappa shape index (κ3) is 4.06. The smallest absolute Gasteiger partial charge is 0.0243 e. The van der Waals surface area contributed by atoms with E-state index in [9.17, 15) is 0 Å². The molecule has 0 aromatic heterocycles. The van der Waals surface area contributed by atoms with Crippen molar-refractivity contribution < 1.29 is 0 Å². The van der Waals surface area contributed by atoms with Gasteiger partial charge in [0.1, 0.15) is 0 Å². The normalized spacial score (nSPS) is 12.5. The van der Waals surface area contributed by atoms with Crippen LogP contribution < -0.4 is 5.73 Å². The summed E-state index contributed by atoms with van der Waals surface area (Å²) in [7, 11) is 0. The van der Waals surface area contributed by atoms with Gasteiger partial charge in [-0.25, -0.2) is 0 Å². The van der Waals surface area contributed by atoms with E-state index >= 15 is 0 Å². The Balaban J connectivity index is 3.74. The molecule has 0 bridgehead atoms. The lowest BCUT2D eigenvalue weighted by Crippen LogP contribution is -2.28. The minimum absolute atomic E-state index is 0.275. The van der Waals surface area contributed by atoms with Crippen molar-refractivity contribution in [3.63, 3.8) is 0 Å². The molecule has 0 saturated heterocycles. The molecule has 2 N–H and O–H groups in total. The molecule has 0 heterocycles. The summed E-state index contributed by atoms with van der Waals surface area (Å²) < 4.78 is 0. The second kappa shape index (κ2) is 6.24. The van der Waals surface area contributed by atoms with Crippen molar-refractivity contribution in [2.45, 2.75) is 46.1 Å². The first kappa shape index (κ1) is 10.5. The summed E-state index contributed by atoms with van der Waals surface area (Å²) in [6.07, 6.45) is 3.19. The Bertz CT molecular complexity index is 137. The molecule has 64 valence electrons. The zero-order valence-corrected chi connectivity index (χ0v) is 7.85. The van der Waals surface area contributed by atoms with Crippen LogP contribution >= 0.6 is 0 Å². The van der Waals surface area contributed by atoms with E-state index in [4.69, 9.17) is 5.73 Å². The molecule has 0 aromatic carbocycles. The Hall–Kier alpha value is -0.480. The fraction of sp³-hybridized carbons (Fsp3) is 0.800. The van der Waals surface area contributed by atoms with E-state index in [1.165, 1.54) is 12.8 Å². The van der Waals surface area contributed by atoms with Crippen LogP contribution in [0.2, 0.25) is 0 Å². The predicted octanol–water partition coefficient (Wildman–Crippen LogP) is 2.16. The van der Waals surface area contributed by atoms with Crippen LogP contribution in [-0.2, 0) is 0 Å². The first-order valence-electron chi connectivity index (χ1n) is 4.41. The molecular weight excluding hydrogens is 134 g/mol. The van der Waals surface area contributed by atoms with Crippen molar-refractivity contribution in [3.05, 3.63) is 0 Å². The van der Waals surface area contributed by atoms with E-state index in [0.29, 0.717) is 5.92 Å². The van der Waals surface area contributed by atoms with Gasteiger partial charge in [-0.2, -0.15) is 0 Å². The molecule has 1 heteroatoms. The Morgan fingerprint density at radius 1 is 1.27 bits per heavy atom. The van der Waals surface area contributed by atoms with Gasteiger partial charge in [-0.05, 0) is 12.8 Å². The highest BCUT2D eigenvalue weighted by atomic mass is 14.6. The summed E-state index contributed by atoms with van der Waals surface area (Å²) in [4.78, 5) is 0.